The van der Waals surface area contributed by atoms with Crippen molar-refractivity contribution in [1.29, 1.82) is 0 Å². The van der Waals surface area contributed by atoms with E-state index in [1.165, 1.54) is 57.8 Å². The molecule has 0 amide bonds. The van der Waals surface area contributed by atoms with Gasteiger partial charge in [-0.1, -0.05) is 110 Å². The van der Waals surface area contributed by atoms with E-state index in [0.717, 1.165) is 5.57 Å². The molecule has 0 spiro atoms. The summed E-state index contributed by atoms with van der Waals surface area (Å²) in [4.78, 5) is 0. The molecular formula is C18H38. The van der Waals surface area contributed by atoms with Gasteiger partial charge in [0.25, 0.3) is 0 Å². The molecule has 0 aliphatic rings. The van der Waals surface area contributed by atoms with Gasteiger partial charge in [-0.15, -0.1) is 0 Å². The van der Waals surface area contributed by atoms with Crippen LogP contribution in [0.2, 0.25) is 0 Å². The van der Waals surface area contributed by atoms with Crippen molar-refractivity contribution >= 4 is 0 Å². The van der Waals surface area contributed by atoms with Gasteiger partial charge in [-0.3, -0.25) is 0 Å². The van der Waals surface area contributed by atoms with Crippen LogP contribution in [0.4, 0.5) is 0 Å². The lowest BCUT2D eigenvalue weighted by atomic mass is 10.2. The molecule has 0 aliphatic carbocycles. The highest BCUT2D eigenvalue weighted by atomic mass is 13.9. The summed E-state index contributed by atoms with van der Waals surface area (Å²) in [6.07, 6.45) is 14.3. The van der Waals surface area contributed by atoms with Crippen LogP contribution < -0.4 is 0 Å². The second kappa shape index (κ2) is 25.4. The van der Waals surface area contributed by atoms with E-state index < -0.39 is 0 Å². The molecule has 0 heteroatoms. The molecular weight excluding hydrogens is 216 g/mol. The Balaban J connectivity index is -0.000000190. The summed E-state index contributed by atoms with van der Waals surface area (Å²) < 4.78 is 0. The summed E-state index contributed by atoms with van der Waals surface area (Å²) in [5.74, 6) is 0. The third-order valence-corrected chi connectivity index (χ3v) is 2.51. The first-order chi connectivity index (χ1) is 8.60. The lowest BCUT2D eigenvalue weighted by molar-refractivity contribution is 0.656. The fourth-order valence-corrected chi connectivity index (χ4v) is 1.18. The normalized spacial score (nSPS) is 8.50. The van der Waals surface area contributed by atoms with Crippen LogP contribution in [-0.2, 0) is 0 Å². The molecule has 0 aromatic carbocycles. The second-order valence-corrected chi connectivity index (χ2v) is 4.82. The summed E-state index contributed by atoms with van der Waals surface area (Å²) >= 11 is 0. The molecule has 18 heavy (non-hydrogen) atoms. The minimum Gasteiger partial charge on any atom is -0.0988 e. The summed E-state index contributed by atoms with van der Waals surface area (Å²) in [6.45, 7) is 17.9. The van der Waals surface area contributed by atoms with E-state index in [1.807, 2.05) is 6.92 Å². The highest BCUT2D eigenvalue weighted by Crippen LogP contribution is 2.00. The summed E-state index contributed by atoms with van der Waals surface area (Å²) in [5.41, 5.74) is 1.02. The van der Waals surface area contributed by atoms with E-state index in [2.05, 4.69) is 40.9 Å². The third-order valence-electron chi connectivity index (χ3n) is 2.51. The Bertz CT molecular complexity index is 136. The van der Waals surface area contributed by atoms with Gasteiger partial charge in [-0.25, -0.2) is 0 Å². The van der Waals surface area contributed by atoms with E-state index in [4.69, 9.17) is 0 Å². The van der Waals surface area contributed by atoms with Crippen molar-refractivity contribution in [2.24, 2.45) is 0 Å². The minimum atomic E-state index is 1.02. The smallest absolute Gasteiger partial charge is 0.0404 e. The molecule has 0 bridgehead atoms. The van der Waals surface area contributed by atoms with Gasteiger partial charge < -0.3 is 0 Å². The zero-order valence-electron chi connectivity index (χ0n) is 13.9. The van der Waals surface area contributed by atoms with Gasteiger partial charge in [0.1, 0.15) is 0 Å². The Morgan fingerprint density at radius 1 is 0.722 bits per heavy atom. The van der Waals surface area contributed by atoms with E-state index in [0.29, 0.717) is 0 Å². The topological polar surface area (TPSA) is 0 Å². The maximum absolute atomic E-state index is 3.56. The number of rotatable bonds is 8. The monoisotopic (exact) mass is 254 g/mol. The molecule has 0 heterocycles. The minimum absolute atomic E-state index is 1.02. The predicted octanol–water partition coefficient (Wildman–Crippen LogP) is 7.31. The van der Waals surface area contributed by atoms with Gasteiger partial charge in [-0.05, 0) is 6.92 Å². The highest BCUT2D eigenvalue weighted by Gasteiger charge is 1.80. The van der Waals surface area contributed by atoms with Crippen LogP contribution in [0.5, 0.6) is 0 Å². The predicted molar refractivity (Wildman–Crippen MR) is 89.3 cm³/mol. The van der Waals surface area contributed by atoms with Crippen molar-refractivity contribution in [2.75, 3.05) is 0 Å². The van der Waals surface area contributed by atoms with Crippen LogP contribution >= 0.6 is 0 Å². The molecule has 0 unspecified atom stereocenters. The van der Waals surface area contributed by atoms with Crippen LogP contribution in [-0.4, -0.2) is 0 Å². The fraction of sp³-hybridized carbons (Fsp3) is 0.778. The molecule has 0 N–H and O–H groups in total. The molecule has 0 nitrogen and oxygen atoms in total. The standard InChI is InChI=1S/C7H16.C6H14.C5H8/c1-3-5-7-6-4-2;1-3-5-6-4-2;1-4-5(2)3/h3-7H2,1-2H3;3-6H2,1-2H3;4H,1-2H2,3H3. The largest absolute Gasteiger partial charge is 0.0988 e. The van der Waals surface area contributed by atoms with Gasteiger partial charge in [0.15, 0.2) is 0 Å². The van der Waals surface area contributed by atoms with Crippen molar-refractivity contribution in [3.8, 4) is 0 Å². The first kappa shape index (κ1) is 22.6. The lowest BCUT2D eigenvalue weighted by Crippen LogP contribution is -1.70. The van der Waals surface area contributed by atoms with Gasteiger partial charge in [0.05, 0.1) is 0 Å². The Labute approximate surface area is 118 Å². The second-order valence-electron chi connectivity index (χ2n) is 4.82. The molecule has 0 aliphatic heterocycles. The van der Waals surface area contributed by atoms with E-state index in [1.54, 1.807) is 6.08 Å². The van der Waals surface area contributed by atoms with Crippen LogP contribution in [0.25, 0.3) is 0 Å². The van der Waals surface area contributed by atoms with Crippen molar-refractivity contribution in [3.63, 3.8) is 0 Å². The highest BCUT2D eigenvalue weighted by molar-refractivity contribution is 5.05. The van der Waals surface area contributed by atoms with Crippen molar-refractivity contribution in [1.82, 2.24) is 0 Å². The molecule has 0 aromatic rings. The zero-order valence-corrected chi connectivity index (χ0v) is 13.9. The van der Waals surface area contributed by atoms with Crippen LogP contribution in [0.15, 0.2) is 24.8 Å². The number of hydrogen-bond donors (Lipinski definition) is 0. The van der Waals surface area contributed by atoms with Crippen LogP contribution in [0.1, 0.15) is 92.4 Å². The molecule has 0 saturated carbocycles. The van der Waals surface area contributed by atoms with E-state index >= 15 is 0 Å². The maximum atomic E-state index is 3.56. The van der Waals surface area contributed by atoms with Crippen molar-refractivity contribution < 1.29 is 0 Å². The van der Waals surface area contributed by atoms with Crippen LogP contribution in [0, 0.1) is 0 Å². The first-order valence-electron chi connectivity index (χ1n) is 7.88. The molecule has 0 rings (SSSR count). The third kappa shape index (κ3) is 45.1. The Kier molecular flexibility index (Phi) is 31.9. The molecule has 0 atom stereocenters. The number of unbranched alkanes of at least 4 members (excludes halogenated alkanes) is 7. The lowest BCUT2D eigenvalue weighted by Gasteiger charge is -1.90. The molecule has 0 radical (unpaired) electrons. The summed E-state index contributed by atoms with van der Waals surface area (Å²) in [6, 6.07) is 0. The Hall–Kier alpha value is -0.520. The Morgan fingerprint density at radius 3 is 1.11 bits per heavy atom. The van der Waals surface area contributed by atoms with Crippen LogP contribution in [0.3, 0.4) is 0 Å². The fourth-order valence-electron chi connectivity index (χ4n) is 1.18. The Morgan fingerprint density at radius 2 is 0.944 bits per heavy atom. The maximum Gasteiger partial charge on any atom is -0.0404 e. The number of hydrogen-bond acceptors (Lipinski definition) is 0. The molecule has 110 valence electrons. The van der Waals surface area contributed by atoms with Crippen molar-refractivity contribution in [2.45, 2.75) is 92.4 Å². The van der Waals surface area contributed by atoms with E-state index in [-0.39, 0.29) is 0 Å². The summed E-state index contributed by atoms with van der Waals surface area (Å²) in [7, 11) is 0. The number of allylic oxidation sites excluding steroid dienone is 2. The average molecular weight is 255 g/mol. The SMILES string of the molecule is C=CC(=C)C.CCCCCC.CCCCCCC. The zero-order chi connectivity index (χ0) is 14.6. The molecule has 0 saturated heterocycles. The van der Waals surface area contributed by atoms with Gasteiger partial charge in [0, 0.05) is 0 Å². The average Bonchev–Trinajstić information content (AvgIpc) is 2.38. The van der Waals surface area contributed by atoms with Crippen molar-refractivity contribution in [3.05, 3.63) is 24.8 Å². The molecule has 0 aromatic heterocycles. The quantitative estimate of drug-likeness (QED) is 0.314. The van der Waals surface area contributed by atoms with Gasteiger partial charge in [-0.2, -0.15) is 0 Å². The summed E-state index contributed by atoms with van der Waals surface area (Å²) in [5, 5.41) is 0. The van der Waals surface area contributed by atoms with E-state index in [9.17, 15) is 0 Å². The molecule has 0 fully saturated rings. The first-order valence-corrected chi connectivity index (χ1v) is 7.88. The van der Waals surface area contributed by atoms with Gasteiger partial charge >= 0.3 is 0 Å². The van der Waals surface area contributed by atoms with Gasteiger partial charge in [0.2, 0.25) is 0 Å².